The van der Waals surface area contributed by atoms with Gasteiger partial charge in [-0.25, -0.2) is 0 Å². The zero-order valence-corrected chi connectivity index (χ0v) is 12.7. The molecule has 1 saturated heterocycles. The van der Waals surface area contributed by atoms with Gasteiger partial charge < -0.3 is 10.2 Å². The highest BCUT2D eigenvalue weighted by Gasteiger charge is 2.28. The van der Waals surface area contributed by atoms with Gasteiger partial charge in [0.15, 0.2) is 0 Å². The summed E-state index contributed by atoms with van der Waals surface area (Å²) in [5, 5.41) is 3.38. The lowest BCUT2D eigenvalue weighted by Gasteiger charge is -2.32. The maximum absolute atomic E-state index is 12.6. The summed E-state index contributed by atoms with van der Waals surface area (Å²) >= 11 is 0. The van der Waals surface area contributed by atoms with Crippen molar-refractivity contribution < 1.29 is 4.79 Å². The molecule has 0 aromatic heterocycles. The van der Waals surface area contributed by atoms with Crippen LogP contribution in [0.25, 0.3) is 0 Å². The average Bonchev–Trinajstić information content (AvgIpc) is 2.89. The number of amides is 1. The summed E-state index contributed by atoms with van der Waals surface area (Å²) in [4.78, 5) is 14.8. The van der Waals surface area contributed by atoms with Gasteiger partial charge in [-0.15, -0.1) is 0 Å². The van der Waals surface area contributed by atoms with Crippen molar-refractivity contribution in [1.29, 1.82) is 0 Å². The molecule has 3 atom stereocenters. The molecule has 0 aromatic carbocycles. The Labute approximate surface area is 118 Å². The van der Waals surface area contributed by atoms with Crippen LogP contribution in [0.4, 0.5) is 0 Å². The summed E-state index contributed by atoms with van der Waals surface area (Å²) < 4.78 is 0. The van der Waals surface area contributed by atoms with Crippen molar-refractivity contribution >= 4 is 5.91 Å². The molecule has 0 radical (unpaired) electrons. The normalized spacial score (nSPS) is 31.4. The number of carbonyl (C=O) groups is 1. The van der Waals surface area contributed by atoms with Crippen LogP contribution in [0.15, 0.2) is 0 Å². The fourth-order valence-corrected chi connectivity index (χ4v) is 3.77. The largest absolute Gasteiger partial charge is 0.338 e. The molecule has 3 heteroatoms. The molecule has 0 bridgehead atoms. The van der Waals surface area contributed by atoms with Crippen LogP contribution in [0.1, 0.15) is 58.8 Å². The van der Waals surface area contributed by atoms with Gasteiger partial charge in [0.2, 0.25) is 5.91 Å². The van der Waals surface area contributed by atoms with E-state index in [-0.39, 0.29) is 0 Å². The highest BCUT2D eigenvalue weighted by atomic mass is 16.2. The lowest BCUT2D eigenvalue weighted by atomic mass is 9.80. The smallest absolute Gasteiger partial charge is 0.223 e. The molecule has 3 nitrogen and oxygen atoms in total. The Morgan fingerprint density at radius 1 is 1.32 bits per heavy atom. The van der Waals surface area contributed by atoms with Gasteiger partial charge in [0.25, 0.3) is 0 Å². The van der Waals surface area contributed by atoms with E-state index in [0.717, 1.165) is 44.8 Å². The summed E-state index contributed by atoms with van der Waals surface area (Å²) in [7, 11) is 0. The second-order valence-electron chi connectivity index (χ2n) is 6.58. The number of nitrogens with one attached hydrogen (secondary N) is 1. The van der Waals surface area contributed by atoms with Gasteiger partial charge >= 0.3 is 0 Å². The van der Waals surface area contributed by atoms with E-state index in [1.54, 1.807) is 0 Å². The van der Waals surface area contributed by atoms with Crippen molar-refractivity contribution in [2.45, 2.75) is 64.8 Å². The predicted molar refractivity (Wildman–Crippen MR) is 79.0 cm³/mol. The molecule has 1 N–H and O–H groups in total. The quantitative estimate of drug-likeness (QED) is 0.830. The molecule has 2 fully saturated rings. The molecular weight excluding hydrogens is 236 g/mol. The standard InChI is InChI=1S/C16H30N2O/c1-3-9-18(15-7-8-17-12-15)16(19)11-14-6-4-5-13(2)10-14/h13-15,17H,3-12H2,1-2H3. The topological polar surface area (TPSA) is 32.3 Å². The third-order valence-corrected chi connectivity index (χ3v) is 4.77. The lowest BCUT2D eigenvalue weighted by molar-refractivity contribution is -0.134. The molecule has 19 heavy (non-hydrogen) atoms. The molecular formula is C16H30N2O. The fourth-order valence-electron chi connectivity index (χ4n) is 3.77. The van der Waals surface area contributed by atoms with Gasteiger partial charge in [-0.3, -0.25) is 4.79 Å². The number of rotatable bonds is 5. The van der Waals surface area contributed by atoms with Crippen LogP contribution in [-0.4, -0.2) is 36.5 Å². The summed E-state index contributed by atoms with van der Waals surface area (Å²) in [6.45, 7) is 7.51. The van der Waals surface area contributed by atoms with Crippen molar-refractivity contribution in [3.8, 4) is 0 Å². The molecule has 1 heterocycles. The van der Waals surface area contributed by atoms with E-state index in [1.807, 2.05) is 0 Å². The SMILES string of the molecule is CCCN(C(=O)CC1CCCC(C)C1)C1CCNC1. The minimum atomic E-state index is 0.412. The van der Waals surface area contributed by atoms with E-state index in [9.17, 15) is 4.79 Å². The average molecular weight is 266 g/mol. The molecule has 1 aliphatic heterocycles. The first-order chi connectivity index (χ1) is 9.20. The van der Waals surface area contributed by atoms with Gasteiger partial charge in [-0.1, -0.05) is 26.7 Å². The van der Waals surface area contributed by atoms with Crippen LogP contribution in [0.2, 0.25) is 0 Å². The molecule has 1 aliphatic carbocycles. The summed E-state index contributed by atoms with van der Waals surface area (Å²) in [6, 6.07) is 0.452. The van der Waals surface area contributed by atoms with Gasteiger partial charge in [0, 0.05) is 25.6 Å². The first kappa shape index (κ1) is 14.8. The first-order valence-corrected chi connectivity index (χ1v) is 8.21. The van der Waals surface area contributed by atoms with Crippen molar-refractivity contribution in [1.82, 2.24) is 10.2 Å². The Morgan fingerprint density at radius 2 is 2.16 bits per heavy atom. The van der Waals surface area contributed by atoms with Gasteiger partial charge in [0.1, 0.15) is 0 Å². The molecule has 1 saturated carbocycles. The minimum Gasteiger partial charge on any atom is -0.338 e. The Kier molecular flexibility index (Phi) is 5.68. The Morgan fingerprint density at radius 3 is 2.79 bits per heavy atom. The van der Waals surface area contributed by atoms with E-state index in [1.165, 1.54) is 25.7 Å². The molecule has 2 aliphatic rings. The molecule has 3 unspecified atom stereocenters. The maximum Gasteiger partial charge on any atom is 0.223 e. The monoisotopic (exact) mass is 266 g/mol. The highest BCUT2D eigenvalue weighted by Crippen LogP contribution is 2.31. The van der Waals surface area contributed by atoms with Crippen LogP contribution in [0.3, 0.4) is 0 Å². The minimum absolute atomic E-state index is 0.412. The van der Waals surface area contributed by atoms with Crippen LogP contribution in [0.5, 0.6) is 0 Å². The van der Waals surface area contributed by atoms with Crippen LogP contribution < -0.4 is 5.32 Å². The van der Waals surface area contributed by atoms with E-state index in [0.29, 0.717) is 17.9 Å². The van der Waals surface area contributed by atoms with Gasteiger partial charge in [-0.2, -0.15) is 0 Å². The Hall–Kier alpha value is -0.570. The van der Waals surface area contributed by atoms with Crippen molar-refractivity contribution in [3.05, 3.63) is 0 Å². The number of carbonyl (C=O) groups excluding carboxylic acids is 1. The molecule has 2 rings (SSSR count). The lowest BCUT2D eigenvalue weighted by Crippen LogP contribution is -2.42. The van der Waals surface area contributed by atoms with E-state index in [2.05, 4.69) is 24.1 Å². The van der Waals surface area contributed by atoms with Crippen molar-refractivity contribution in [2.24, 2.45) is 11.8 Å². The fraction of sp³-hybridized carbons (Fsp3) is 0.938. The number of hydrogen-bond donors (Lipinski definition) is 1. The second kappa shape index (κ2) is 7.28. The van der Waals surface area contributed by atoms with E-state index < -0.39 is 0 Å². The zero-order chi connectivity index (χ0) is 13.7. The molecule has 0 spiro atoms. The Balaban J connectivity index is 1.87. The van der Waals surface area contributed by atoms with E-state index >= 15 is 0 Å². The van der Waals surface area contributed by atoms with Crippen molar-refractivity contribution in [3.63, 3.8) is 0 Å². The van der Waals surface area contributed by atoms with Gasteiger partial charge in [-0.05, 0) is 44.1 Å². The molecule has 110 valence electrons. The maximum atomic E-state index is 12.6. The third-order valence-electron chi connectivity index (χ3n) is 4.77. The van der Waals surface area contributed by atoms with E-state index in [4.69, 9.17) is 0 Å². The summed E-state index contributed by atoms with van der Waals surface area (Å²) in [5.74, 6) is 1.87. The summed E-state index contributed by atoms with van der Waals surface area (Å²) in [5.41, 5.74) is 0. The molecule has 1 amide bonds. The Bertz CT molecular complexity index is 286. The molecule has 0 aromatic rings. The first-order valence-electron chi connectivity index (χ1n) is 8.21. The zero-order valence-electron chi connectivity index (χ0n) is 12.7. The highest BCUT2D eigenvalue weighted by molar-refractivity contribution is 5.76. The van der Waals surface area contributed by atoms with Crippen molar-refractivity contribution in [2.75, 3.05) is 19.6 Å². The third kappa shape index (κ3) is 4.20. The summed E-state index contributed by atoms with van der Waals surface area (Å²) in [6.07, 6.45) is 8.19. The van der Waals surface area contributed by atoms with Crippen LogP contribution in [0, 0.1) is 11.8 Å². The van der Waals surface area contributed by atoms with Gasteiger partial charge in [0.05, 0.1) is 0 Å². The second-order valence-corrected chi connectivity index (χ2v) is 6.58. The number of nitrogens with zero attached hydrogens (tertiary/aromatic N) is 1. The number of hydrogen-bond acceptors (Lipinski definition) is 2. The van der Waals surface area contributed by atoms with Crippen LogP contribution >= 0.6 is 0 Å². The van der Waals surface area contributed by atoms with Crippen LogP contribution in [-0.2, 0) is 4.79 Å². The predicted octanol–water partition coefficient (Wildman–Crippen LogP) is 2.80.